The van der Waals surface area contributed by atoms with Crippen LogP contribution < -0.4 is 0 Å². The summed E-state index contributed by atoms with van der Waals surface area (Å²) in [6.07, 6.45) is 0. The van der Waals surface area contributed by atoms with E-state index < -0.39 is 0 Å². The number of rotatable bonds is 5. The molecule has 0 aliphatic heterocycles. The summed E-state index contributed by atoms with van der Waals surface area (Å²) in [6, 6.07) is 7.13. The first-order valence-electron chi connectivity index (χ1n) is 5.67. The van der Waals surface area contributed by atoms with E-state index in [1.807, 2.05) is 19.1 Å². The molecule has 0 radical (unpaired) electrons. The smallest absolute Gasteiger partial charge is 0.293 e. The number of benzene rings is 1. The molecule has 6 heteroatoms. The Morgan fingerprint density at radius 1 is 1.42 bits per heavy atom. The summed E-state index contributed by atoms with van der Waals surface area (Å²) in [6.45, 7) is 2.67. The maximum Gasteiger partial charge on any atom is 0.293 e. The summed E-state index contributed by atoms with van der Waals surface area (Å²) in [5.74, 6) is 0.0394. The van der Waals surface area contributed by atoms with Crippen LogP contribution in [0.3, 0.4) is 0 Å². The predicted octanol–water partition coefficient (Wildman–Crippen LogP) is 3.66. The Balaban J connectivity index is 2.22. The zero-order valence-electron chi connectivity index (χ0n) is 10.2. The van der Waals surface area contributed by atoms with E-state index in [0.29, 0.717) is 23.1 Å². The predicted molar refractivity (Wildman–Crippen MR) is 74.5 cm³/mol. The number of aromatic amines is 1. The minimum absolute atomic E-state index is 0.0394. The highest BCUT2D eigenvalue weighted by molar-refractivity contribution is 6.36. The molecule has 0 spiro atoms. The van der Waals surface area contributed by atoms with Gasteiger partial charge in [-0.15, -0.1) is 0 Å². The van der Waals surface area contributed by atoms with Crippen LogP contribution in [-0.2, 0) is 9.53 Å². The molecule has 2 aromatic rings. The number of halogens is 2. The van der Waals surface area contributed by atoms with Crippen LogP contribution in [0, 0.1) is 0 Å². The van der Waals surface area contributed by atoms with E-state index in [2.05, 4.69) is 10.2 Å². The van der Waals surface area contributed by atoms with Crippen molar-refractivity contribution in [3.05, 3.63) is 40.0 Å². The van der Waals surface area contributed by atoms with Gasteiger partial charge in [-0.3, -0.25) is 9.89 Å². The van der Waals surface area contributed by atoms with Gasteiger partial charge in [-0.25, -0.2) is 0 Å². The Morgan fingerprint density at radius 3 is 2.89 bits per heavy atom. The quantitative estimate of drug-likeness (QED) is 0.857. The van der Waals surface area contributed by atoms with Crippen molar-refractivity contribution in [3.63, 3.8) is 0 Å². The Bertz CT molecular complexity index is 584. The number of H-pyrrole nitrogens is 1. The SMILES string of the molecule is CC(COC=O)c1cc(-c2ccc(Cl)cc2Cl)n[nH]1. The van der Waals surface area contributed by atoms with Gasteiger partial charge >= 0.3 is 0 Å². The van der Waals surface area contributed by atoms with E-state index in [0.717, 1.165) is 17.0 Å². The highest BCUT2D eigenvalue weighted by Crippen LogP contribution is 2.30. The molecule has 1 atom stereocenters. The van der Waals surface area contributed by atoms with Crippen molar-refractivity contribution in [2.75, 3.05) is 6.61 Å². The topological polar surface area (TPSA) is 55.0 Å². The molecule has 2 rings (SSSR count). The van der Waals surface area contributed by atoms with E-state index in [4.69, 9.17) is 27.9 Å². The van der Waals surface area contributed by atoms with Crippen LogP contribution in [0.2, 0.25) is 10.0 Å². The molecule has 4 nitrogen and oxygen atoms in total. The van der Waals surface area contributed by atoms with Crippen LogP contribution in [0.15, 0.2) is 24.3 Å². The second-order valence-corrected chi connectivity index (χ2v) is 5.01. The van der Waals surface area contributed by atoms with Crippen LogP contribution in [0.4, 0.5) is 0 Å². The fourth-order valence-corrected chi connectivity index (χ4v) is 2.20. The molecule has 1 N–H and O–H groups in total. The van der Waals surface area contributed by atoms with E-state index in [-0.39, 0.29) is 5.92 Å². The molecule has 0 amide bonds. The van der Waals surface area contributed by atoms with Crippen LogP contribution in [-0.4, -0.2) is 23.3 Å². The third kappa shape index (κ3) is 3.28. The van der Waals surface area contributed by atoms with Crippen molar-refractivity contribution >= 4 is 29.7 Å². The highest BCUT2D eigenvalue weighted by Gasteiger charge is 2.13. The number of hydrogen-bond donors (Lipinski definition) is 1. The highest BCUT2D eigenvalue weighted by atomic mass is 35.5. The number of carbonyl (C=O) groups is 1. The Kier molecular flexibility index (Phi) is 4.45. The largest absolute Gasteiger partial charge is 0.467 e. The van der Waals surface area contributed by atoms with Gasteiger partial charge in [0.2, 0.25) is 0 Å². The molecule has 1 heterocycles. The number of carbonyl (C=O) groups excluding carboxylic acids is 1. The third-order valence-corrected chi connectivity index (χ3v) is 3.30. The number of aromatic nitrogens is 2. The lowest BCUT2D eigenvalue weighted by atomic mass is 10.1. The van der Waals surface area contributed by atoms with Crippen LogP contribution >= 0.6 is 23.2 Å². The molecule has 1 aromatic heterocycles. The second-order valence-electron chi connectivity index (χ2n) is 4.16. The molecule has 0 saturated carbocycles. The first-order valence-corrected chi connectivity index (χ1v) is 6.43. The fourth-order valence-electron chi connectivity index (χ4n) is 1.70. The molecule has 0 saturated heterocycles. The van der Waals surface area contributed by atoms with Gasteiger partial charge < -0.3 is 4.74 Å². The summed E-state index contributed by atoms with van der Waals surface area (Å²) in [5.41, 5.74) is 2.41. The van der Waals surface area contributed by atoms with Crippen molar-refractivity contribution < 1.29 is 9.53 Å². The van der Waals surface area contributed by atoms with E-state index >= 15 is 0 Å². The minimum atomic E-state index is 0.0394. The average Bonchev–Trinajstić information content (AvgIpc) is 2.85. The van der Waals surface area contributed by atoms with E-state index in [9.17, 15) is 4.79 Å². The molecule has 100 valence electrons. The van der Waals surface area contributed by atoms with Crippen molar-refractivity contribution in [1.82, 2.24) is 10.2 Å². The first kappa shape index (κ1) is 13.9. The van der Waals surface area contributed by atoms with Gasteiger partial charge in [0.15, 0.2) is 0 Å². The maximum absolute atomic E-state index is 10.2. The summed E-state index contributed by atoms with van der Waals surface area (Å²) in [4.78, 5) is 10.2. The van der Waals surface area contributed by atoms with Crippen molar-refractivity contribution in [3.8, 4) is 11.3 Å². The molecular formula is C13H12Cl2N2O2. The maximum atomic E-state index is 10.2. The van der Waals surface area contributed by atoms with Gasteiger partial charge in [0.1, 0.15) is 0 Å². The summed E-state index contributed by atoms with van der Waals surface area (Å²) < 4.78 is 4.73. The summed E-state index contributed by atoms with van der Waals surface area (Å²) >= 11 is 12.0. The van der Waals surface area contributed by atoms with Crippen LogP contribution in [0.25, 0.3) is 11.3 Å². The van der Waals surface area contributed by atoms with Crippen molar-refractivity contribution in [1.29, 1.82) is 0 Å². The lowest BCUT2D eigenvalue weighted by Gasteiger charge is -2.06. The second kappa shape index (κ2) is 6.08. The standard InChI is InChI=1S/C13H12Cl2N2O2/c1-8(6-19-7-18)12-5-13(17-16-12)10-3-2-9(14)4-11(10)15/h2-5,7-8H,6H2,1H3,(H,16,17). The first-order chi connectivity index (χ1) is 9.11. The lowest BCUT2D eigenvalue weighted by molar-refractivity contribution is -0.129. The lowest BCUT2D eigenvalue weighted by Crippen LogP contribution is -2.03. The number of ether oxygens (including phenoxy) is 1. The molecule has 0 aliphatic carbocycles. The number of nitrogens with zero attached hydrogens (tertiary/aromatic N) is 1. The zero-order valence-corrected chi connectivity index (χ0v) is 11.7. The molecule has 1 unspecified atom stereocenters. The fraction of sp³-hybridized carbons (Fsp3) is 0.231. The molecule has 1 aromatic carbocycles. The molecule has 0 fully saturated rings. The van der Waals surface area contributed by atoms with E-state index in [1.54, 1.807) is 12.1 Å². The average molecular weight is 299 g/mol. The van der Waals surface area contributed by atoms with Gasteiger partial charge in [0, 0.05) is 22.2 Å². The van der Waals surface area contributed by atoms with Gasteiger partial charge in [-0.2, -0.15) is 5.10 Å². The molecule has 0 bridgehead atoms. The van der Waals surface area contributed by atoms with Crippen molar-refractivity contribution in [2.24, 2.45) is 0 Å². The number of hydrogen-bond acceptors (Lipinski definition) is 3. The number of nitrogens with one attached hydrogen (secondary N) is 1. The van der Waals surface area contributed by atoms with Gasteiger partial charge in [0.25, 0.3) is 6.47 Å². The van der Waals surface area contributed by atoms with Crippen LogP contribution in [0.5, 0.6) is 0 Å². The minimum Gasteiger partial charge on any atom is -0.467 e. The monoisotopic (exact) mass is 298 g/mol. The van der Waals surface area contributed by atoms with Gasteiger partial charge in [-0.1, -0.05) is 30.1 Å². The Morgan fingerprint density at radius 2 is 2.21 bits per heavy atom. The van der Waals surface area contributed by atoms with Crippen LogP contribution in [0.1, 0.15) is 18.5 Å². The Hall–Kier alpha value is -1.52. The summed E-state index contributed by atoms with van der Waals surface area (Å²) in [7, 11) is 0. The van der Waals surface area contributed by atoms with Gasteiger partial charge in [0.05, 0.1) is 17.3 Å². The zero-order chi connectivity index (χ0) is 13.8. The van der Waals surface area contributed by atoms with E-state index in [1.165, 1.54) is 0 Å². The molecular weight excluding hydrogens is 287 g/mol. The summed E-state index contributed by atoms with van der Waals surface area (Å²) in [5, 5.41) is 8.25. The van der Waals surface area contributed by atoms with Crippen molar-refractivity contribution in [2.45, 2.75) is 12.8 Å². The Labute approximate surface area is 120 Å². The third-order valence-electron chi connectivity index (χ3n) is 2.75. The molecule has 0 aliphatic rings. The molecule has 19 heavy (non-hydrogen) atoms. The van der Waals surface area contributed by atoms with Gasteiger partial charge in [-0.05, 0) is 24.3 Å². The normalized spacial score (nSPS) is 12.2.